The number of rotatable bonds is 0. The molecule has 10 heavy (non-hydrogen) atoms. The Balaban J connectivity index is 2.45. The minimum Gasteiger partial charge on any atom is -0.369 e. The molecule has 1 aliphatic heterocycles. The molecule has 0 atom stereocenters. The Bertz CT molecular complexity index is 240. The van der Waals surface area contributed by atoms with Gasteiger partial charge in [-0.15, -0.1) is 0 Å². The molecule has 4 heteroatoms. The van der Waals surface area contributed by atoms with Crippen LogP contribution in [0.5, 0.6) is 0 Å². The predicted molar refractivity (Wildman–Crippen MR) is 38.3 cm³/mol. The summed E-state index contributed by atoms with van der Waals surface area (Å²) in [5, 5.41) is 3.24. The molecule has 0 unspecified atom stereocenters. The van der Waals surface area contributed by atoms with Gasteiger partial charge in [-0.2, -0.15) is 0 Å². The van der Waals surface area contributed by atoms with Crippen LogP contribution >= 0.6 is 0 Å². The number of hydrogen-bond acceptors (Lipinski definition) is 3. The lowest BCUT2D eigenvalue weighted by molar-refractivity contribution is 0.521. The number of fused-ring (bicyclic) bond motifs is 1. The monoisotopic (exact) mass is 138 g/mol. The fourth-order valence-corrected chi connectivity index (χ4v) is 1.23. The van der Waals surface area contributed by atoms with Crippen LogP contribution in [0.4, 0.5) is 5.95 Å². The van der Waals surface area contributed by atoms with Crippen LogP contribution < -0.4 is 11.1 Å². The molecule has 54 valence electrons. The summed E-state index contributed by atoms with van der Waals surface area (Å²) in [5.41, 5.74) is 6.77. The van der Waals surface area contributed by atoms with E-state index in [9.17, 15) is 0 Å². The first-order chi connectivity index (χ1) is 4.88. The van der Waals surface area contributed by atoms with E-state index in [1.807, 2.05) is 10.8 Å². The fraction of sp³-hybridized carbons (Fsp3) is 0.500. The first kappa shape index (κ1) is 5.73. The van der Waals surface area contributed by atoms with E-state index in [2.05, 4.69) is 10.3 Å². The van der Waals surface area contributed by atoms with Crippen LogP contribution in [0.25, 0.3) is 0 Å². The molecule has 3 N–H and O–H groups in total. The van der Waals surface area contributed by atoms with Crippen molar-refractivity contribution in [2.45, 2.75) is 13.1 Å². The van der Waals surface area contributed by atoms with Crippen molar-refractivity contribution in [1.82, 2.24) is 14.9 Å². The maximum atomic E-state index is 5.59. The summed E-state index contributed by atoms with van der Waals surface area (Å²) in [4.78, 5) is 4.00. The number of nitrogens with zero attached hydrogens (tertiary/aromatic N) is 2. The van der Waals surface area contributed by atoms with E-state index in [4.69, 9.17) is 5.73 Å². The molecule has 0 saturated heterocycles. The van der Waals surface area contributed by atoms with Crippen LogP contribution in [0.3, 0.4) is 0 Å². The zero-order chi connectivity index (χ0) is 6.97. The summed E-state index contributed by atoms with van der Waals surface area (Å²) in [6.07, 6.45) is 1.82. The highest BCUT2D eigenvalue weighted by molar-refractivity contribution is 5.23. The molecule has 4 nitrogen and oxygen atoms in total. The number of hydrogen-bond donors (Lipinski definition) is 2. The van der Waals surface area contributed by atoms with Crippen molar-refractivity contribution >= 4 is 5.95 Å². The average molecular weight is 138 g/mol. The van der Waals surface area contributed by atoms with Crippen molar-refractivity contribution in [2.75, 3.05) is 12.3 Å². The van der Waals surface area contributed by atoms with Crippen LogP contribution in [0.2, 0.25) is 0 Å². The molecular formula is C6H10N4. The molecule has 1 aromatic heterocycles. The van der Waals surface area contributed by atoms with Gasteiger partial charge < -0.3 is 15.6 Å². The Labute approximate surface area is 59.0 Å². The highest BCUT2D eigenvalue weighted by Gasteiger charge is 2.09. The largest absolute Gasteiger partial charge is 0.369 e. The van der Waals surface area contributed by atoms with Gasteiger partial charge in [-0.1, -0.05) is 0 Å². The molecule has 2 rings (SSSR count). The lowest BCUT2D eigenvalue weighted by Crippen LogP contribution is -2.28. The van der Waals surface area contributed by atoms with Gasteiger partial charge >= 0.3 is 0 Å². The quantitative estimate of drug-likeness (QED) is 0.511. The third-order valence-electron chi connectivity index (χ3n) is 1.79. The minimum atomic E-state index is 0.636. The summed E-state index contributed by atoms with van der Waals surface area (Å²) in [6, 6.07) is 0. The molecule has 0 saturated carbocycles. The lowest BCUT2D eigenvalue weighted by atomic mass is 10.4. The van der Waals surface area contributed by atoms with Crippen LogP contribution in [0, 0.1) is 0 Å². The summed E-state index contributed by atoms with van der Waals surface area (Å²) < 4.78 is 2.04. The van der Waals surface area contributed by atoms with Crippen molar-refractivity contribution in [3.63, 3.8) is 0 Å². The summed E-state index contributed by atoms with van der Waals surface area (Å²) in [5.74, 6) is 0.636. The van der Waals surface area contributed by atoms with Gasteiger partial charge in [0.2, 0.25) is 0 Å². The zero-order valence-electron chi connectivity index (χ0n) is 5.67. The molecule has 0 radical (unpaired) electrons. The van der Waals surface area contributed by atoms with Gasteiger partial charge in [0.25, 0.3) is 0 Å². The molecule has 1 aliphatic rings. The summed E-state index contributed by atoms with van der Waals surface area (Å²) in [7, 11) is 0. The van der Waals surface area contributed by atoms with Crippen molar-refractivity contribution in [1.29, 1.82) is 0 Å². The Morgan fingerprint density at radius 1 is 1.70 bits per heavy atom. The van der Waals surface area contributed by atoms with Crippen LogP contribution in [-0.4, -0.2) is 16.1 Å². The van der Waals surface area contributed by atoms with E-state index in [0.29, 0.717) is 5.95 Å². The number of aromatic nitrogens is 2. The van der Waals surface area contributed by atoms with Gasteiger partial charge in [-0.3, -0.25) is 0 Å². The Kier molecular flexibility index (Phi) is 1.14. The van der Waals surface area contributed by atoms with Gasteiger partial charge in [0.15, 0.2) is 5.95 Å². The highest BCUT2D eigenvalue weighted by Crippen LogP contribution is 2.08. The lowest BCUT2D eigenvalue weighted by Gasteiger charge is -2.15. The maximum absolute atomic E-state index is 5.59. The van der Waals surface area contributed by atoms with Crippen molar-refractivity contribution < 1.29 is 0 Å². The molecule has 0 bridgehead atoms. The smallest absolute Gasteiger partial charge is 0.200 e. The zero-order valence-corrected chi connectivity index (χ0v) is 5.67. The number of anilines is 1. The molecular weight excluding hydrogens is 128 g/mol. The second-order valence-corrected chi connectivity index (χ2v) is 2.44. The Morgan fingerprint density at radius 2 is 2.60 bits per heavy atom. The number of nitrogens with two attached hydrogens (primary N) is 1. The summed E-state index contributed by atoms with van der Waals surface area (Å²) >= 11 is 0. The van der Waals surface area contributed by atoms with E-state index < -0.39 is 0 Å². The number of nitrogens with one attached hydrogen (secondary N) is 1. The molecule has 0 fully saturated rings. The number of imidazole rings is 1. The highest BCUT2D eigenvalue weighted by atomic mass is 15.2. The Hall–Kier alpha value is -1.03. The SMILES string of the molecule is Nc1ncc2n1CCNC2. The van der Waals surface area contributed by atoms with Gasteiger partial charge in [0.05, 0.1) is 11.9 Å². The molecule has 0 aliphatic carbocycles. The van der Waals surface area contributed by atoms with Crippen molar-refractivity contribution in [3.05, 3.63) is 11.9 Å². The van der Waals surface area contributed by atoms with E-state index in [1.54, 1.807) is 0 Å². The second kappa shape index (κ2) is 1.98. The van der Waals surface area contributed by atoms with E-state index in [0.717, 1.165) is 19.6 Å². The van der Waals surface area contributed by atoms with Crippen molar-refractivity contribution in [2.24, 2.45) is 0 Å². The molecule has 2 heterocycles. The van der Waals surface area contributed by atoms with Gasteiger partial charge in [-0.05, 0) is 0 Å². The molecule has 0 amide bonds. The topological polar surface area (TPSA) is 55.9 Å². The first-order valence-electron chi connectivity index (χ1n) is 3.38. The normalized spacial score (nSPS) is 16.8. The van der Waals surface area contributed by atoms with Gasteiger partial charge in [-0.25, -0.2) is 4.98 Å². The third-order valence-corrected chi connectivity index (χ3v) is 1.79. The second-order valence-electron chi connectivity index (χ2n) is 2.44. The number of nitrogen functional groups attached to an aromatic ring is 1. The predicted octanol–water partition coefficient (Wildman–Crippen LogP) is -0.432. The first-order valence-corrected chi connectivity index (χ1v) is 3.38. The van der Waals surface area contributed by atoms with Crippen LogP contribution in [-0.2, 0) is 13.1 Å². The van der Waals surface area contributed by atoms with E-state index >= 15 is 0 Å². The van der Waals surface area contributed by atoms with Gasteiger partial charge in [0, 0.05) is 19.6 Å². The maximum Gasteiger partial charge on any atom is 0.200 e. The van der Waals surface area contributed by atoms with E-state index in [-0.39, 0.29) is 0 Å². The van der Waals surface area contributed by atoms with Gasteiger partial charge in [0.1, 0.15) is 0 Å². The van der Waals surface area contributed by atoms with Crippen molar-refractivity contribution in [3.8, 4) is 0 Å². The molecule has 0 aromatic carbocycles. The standard InChI is InChI=1S/C6H10N4/c7-6-9-4-5-3-8-1-2-10(5)6/h4,8H,1-3H2,(H2,7,9). The minimum absolute atomic E-state index is 0.636. The average Bonchev–Trinajstić information content (AvgIpc) is 2.34. The summed E-state index contributed by atoms with van der Waals surface area (Å²) in [6.45, 7) is 2.83. The van der Waals surface area contributed by atoms with Crippen LogP contribution in [0.1, 0.15) is 5.69 Å². The fourth-order valence-electron chi connectivity index (χ4n) is 1.23. The van der Waals surface area contributed by atoms with E-state index in [1.165, 1.54) is 5.69 Å². The Morgan fingerprint density at radius 3 is 3.40 bits per heavy atom. The van der Waals surface area contributed by atoms with Crippen LogP contribution in [0.15, 0.2) is 6.20 Å². The third kappa shape index (κ3) is 0.690. The molecule has 0 spiro atoms. The molecule has 1 aromatic rings.